The van der Waals surface area contributed by atoms with Gasteiger partial charge in [-0.05, 0) is 24.6 Å². The van der Waals surface area contributed by atoms with Crippen LogP contribution >= 0.6 is 0 Å². The number of para-hydroxylation sites is 1. The third kappa shape index (κ3) is 5.02. The molecule has 0 aromatic heterocycles. The van der Waals surface area contributed by atoms with Crippen LogP contribution in [-0.4, -0.2) is 25.3 Å². The summed E-state index contributed by atoms with van der Waals surface area (Å²) in [4.78, 5) is 11.5. The molecule has 2 N–H and O–H groups in total. The molecule has 3 rings (SSSR count). The van der Waals surface area contributed by atoms with E-state index in [1.165, 1.54) is 7.11 Å². The first-order valence-corrected chi connectivity index (χ1v) is 9.35. The minimum Gasteiger partial charge on any atom is -0.489 e. The van der Waals surface area contributed by atoms with Crippen molar-refractivity contribution in [3.8, 4) is 5.75 Å². The van der Waals surface area contributed by atoms with Crippen LogP contribution in [0.3, 0.4) is 0 Å². The van der Waals surface area contributed by atoms with Crippen LogP contribution < -0.4 is 10.1 Å². The van der Waals surface area contributed by atoms with Crippen molar-refractivity contribution < 1.29 is 14.3 Å². The standard InChI is InChI=1S/C24H24N2O3/c1-17-19(12-8-14-22(17)29-16-18-9-4-3-5-10-18)24(25)20-11-6-7-13-21(20)26-15-23(27)28-2/h3-14,25-26H,15-16H2,1-2H3. The van der Waals surface area contributed by atoms with E-state index in [1.54, 1.807) is 0 Å². The van der Waals surface area contributed by atoms with Gasteiger partial charge in [0.25, 0.3) is 0 Å². The second kappa shape index (κ2) is 9.55. The van der Waals surface area contributed by atoms with Gasteiger partial charge in [0, 0.05) is 22.4 Å². The number of hydrogen-bond acceptors (Lipinski definition) is 5. The lowest BCUT2D eigenvalue weighted by atomic mass is 9.96. The Labute approximate surface area is 170 Å². The molecule has 0 saturated heterocycles. The molecule has 0 amide bonds. The van der Waals surface area contributed by atoms with Crippen molar-refractivity contribution in [1.29, 1.82) is 5.41 Å². The van der Waals surface area contributed by atoms with E-state index >= 15 is 0 Å². The number of carbonyl (C=O) groups is 1. The monoisotopic (exact) mass is 388 g/mol. The smallest absolute Gasteiger partial charge is 0.325 e. The number of rotatable bonds is 8. The second-order valence-corrected chi connectivity index (χ2v) is 6.55. The van der Waals surface area contributed by atoms with Crippen LogP contribution in [0.5, 0.6) is 5.75 Å². The summed E-state index contributed by atoms with van der Waals surface area (Å²) < 4.78 is 10.7. The fourth-order valence-corrected chi connectivity index (χ4v) is 3.02. The first kappa shape index (κ1) is 20.1. The van der Waals surface area contributed by atoms with Gasteiger partial charge in [-0.25, -0.2) is 0 Å². The maximum Gasteiger partial charge on any atom is 0.325 e. The quantitative estimate of drug-likeness (QED) is 0.438. The van der Waals surface area contributed by atoms with Crippen molar-refractivity contribution in [3.05, 3.63) is 95.1 Å². The van der Waals surface area contributed by atoms with Crippen LogP contribution in [0.15, 0.2) is 72.8 Å². The Morgan fingerprint density at radius 3 is 2.38 bits per heavy atom. The van der Waals surface area contributed by atoms with Gasteiger partial charge in [0.15, 0.2) is 0 Å². The van der Waals surface area contributed by atoms with Crippen molar-refractivity contribution in [2.45, 2.75) is 13.5 Å². The molecule has 0 saturated carbocycles. The zero-order chi connectivity index (χ0) is 20.6. The summed E-state index contributed by atoms with van der Waals surface area (Å²) in [7, 11) is 1.35. The van der Waals surface area contributed by atoms with Gasteiger partial charge in [-0.2, -0.15) is 0 Å². The molecule has 148 valence electrons. The molecular weight excluding hydrogens is 364 g/mol. The van der Waals surface area contributed by atoms with Crippen LogP contribution in [0.25, 0.3) is 0 Å². The number of esters is 1. The zero-order valence-electron chi connectivity index (χ0n) is 16.6. The molecule has 3 aromatic rings. The van der Waals surface area contributed by atoms with Crippen LogP contribution in [0.4, 0.5) is 5.69 Å². The Balaban J connectivity index is 1.82. The lowest BCUT2D eigenvalue weighted by Gasteiger charge is -2.16. The average molecular weight is 388 g/mol. The summed E-state index contributed by atoms with van der Waals surface area (Å²) in [5.74, 6) is 0.384. The van der Waals surface area contributed by atoms with E-state index < -0.39 is 0 Å². The van der Waals surface area contributed by atoms with Crippen LogP contribution in [0, 0.1) is 12.3 Å². The van der Waals surface area contributed by atoms with E-state index in [4.69, 9.17) is 10.1 Å². The van der Waals surface area contributed by atoms with Gasteiger partial charge in [0.05, 0.1) is 12.8 Å². The molecule has 5 heteroatoms. The van der Waals surface area contributed by atoms with Gasteiger partial charge in [-0.15, -0.1) is 0 Å². The minimum atomic E-state index is -0.362. The SMILES string of the molecule is COC(=O)CNc1ccccc1C(=N)c1cccc(OCc2ccccc2)c1C. The molecule has 0 unspecified atom stereocenters. The van der Waals surface area contributed by atoms with E-state index in [-0.39, 0.29) is 12.5 Å². The molecule has 0 fully saturated rings. The Kier molecular flexibility index (Phi) is 6.63. The topological polar surface area (TPSA) is 71.4 Å². The Morgan fingerprint density at radius 1 is 0.931 bits per heavy atom. The van der Waals surface area contributed by atoms with E-state index in [0.717, 1.165) is 22.4 Å². The Morgan fingerprint density at radius 2 is 1.62 bits per heavy atom. The highest BCUT2D eigenvalue weighted by molar-refractivity contribution is 6.15. The molecule has 0 spiro atoms. The summed E-state index contributed by atoms with van der Waals surface area (Å²) in [6, 6.07) is 23.1. The number of ether oxygens (including phenoxy) is 2. The largest absolute Gasteiger partial charge is 0.489 e. The molecule has 0 aliphatic carbocycles. The number of anilines is 1. The summed E-state index contributed by atoms with van der Waals surface area (Å²) >= 11 is 0. The van der Waals surface area contributed by atoms with Crippen molar-refractivity contribution in [2.75, 3.05) is 19.0 Å². The molecule has 0 aliphatic heterocycles. The summed E-state index contributed by atoms with van der Waals surface area (Å²) in [5, 5.41) is 11.8. The number of nitrogens with one attached hydrogen (secondary N) is 2. The summed E-state index contributed by atoms with van der Waals surface area (Å²) in [6.07, 6.45) is 0. The minimum absolute atomic E-state index is 0.0417. The lowest BCUT2D eigenvalue weighted by molar-refractivity contribution is -0.138. The van der Waals surface area contributed by atoms with Crippen molar-refractivity contribution >= 4 is 17.4 Å². The maximum atomic E-state index is 11.5. The highest BCUT2D eigenvalue weighted by Crippen LogP contribution is 2.27. The number of hydrogen-bond donors (Lipinski definition) is 2. The molecule has 5 nitrogen and oxygen atoms in total. The fraction of sp³-hybridized carbons (Fsp3) is 0.167. The van der Waals surface area contributed by atoms with Crippen LogP contribution in [-0.2, 0) is 16.1 Å². The first-order chi connectivity index (χ1) is 14.1. The molecule has 29 heavy (non-hydrogen) atoms. The Hall–Kier alpha value is -3.60. The molecule has 0 bridgehead atoms. The number of methoxy groups -OCH3 is 1. The van der Waals surface area contributed by atoms with Crippen molar-refractivity contribution in [1.82, 2.24) is 0 Å². The summed E-state index contributed by atoms with van der Waals surface area (Å²) in [5.41, 5.74) is 4.54. The predicted molar refractivity (Wildman–Crippen MR) is 115 cm³/mol. The normalized spacial score (nSPS) is 10.3. The van der Waals surface area contributed by atoms with Crippen LogP contribution in [0.2, 0.25) is 0 Å². The van der Waals surface area contributed by atoms with Crippen molar-refractivity contribution in [2.24, 2.45) is 0 Å². The van der Waals surface area contributed by atoms with E-state index in [1.807, 2.05) is 79.7 Å². The van der Waals surface area contributed by atoms with E-state index in [2.05, 4.69) is 10.1 Å². The third-order valence-corrected chi connectivity index (χ3v) is 4.64. The molecule has 3 aromatic carbocycles. The fourth-order valence-electron chi connectivity index (χ4n) is 3.02. The van der Waals surface area contributed by atoms with E-state index in [9.17, 15) is 4.79 Å². The van der Waals surface area contributed by atoms with Crippen molar-refractivity contribution in [3.63, 3.8) is 0 Å². The third-order valence-electron chi connectivity index (χ3n) is 4.64. The highest BCUT2D eigenvalue weighted by Gasteiger charge is 2.15. The van der Waals surface area contributed by atoms with Gasteiger partial charge in [0.1, 0.15) is 18.9 Å². The van der Waals surface area contributed by atoms with Gasteiger partial charge in [-0.3, -0.25) is 10.2 Å². The average Bonchev–Trinajstić information content (AvgIpc) is 2.77. The van der Waals surface area contributed by atoms with E-state index in [0.29, 0.717) is 23.6 Å². The molecule has 0 atom stereocenters. The first-order valence-electron chi connectivity index (χ1n) is 9.35. The lowest BCUT2D eigenvalue weighted by Crippen LogP contribution is -2.17. The van der Waals surface area contributed by atoms with Gasteiger partial charge in [0.2, 0.25) is 0 Å². The highest BCUT2D eigenvalue weighted by atomic mass is 16.5. The molecular formula is C24H24N2O3. The number of benzene rings is 3. The summed E-state index contributed by atoms with van der Waals surface area (Å²) in [6.45, 7) is 2.46. The van der Waals surface area contributed by atoms with Gasteiger partial charge in [-0.1, -0.05) is 60.7 Å². The van der Waals surface area contributed by atoms with Gasteiger partial charge < -0.3 is 14.8 Å². The molecule has 0 heterocycles. The second-order valence-electron chi connectivity index (χ2n) is 6.55. The van der Waals surface area contributed by atoms with Crippen LogP contribution in [0.1, 0.15) is 22.3 Å². The zero-order valence-corrected chi connectivity index (χ0v) is 16.6. The predicted octanol–water partition coefficient (Wildman–Crippen LogP) is 4.58. The molecule has 0 aliphatic rings. The Bertz CT molecular complexity index is 1000. The number of carbonyl (C=O) groups excluding carboxylic acids is 1. The molecule has 0 radical (unpaired) electrons. The maximum absolute atomic E-state index is 11.5. The van der Waals surface area contributed by atoms with Gasteiger partial charge >= 0.3 is 5.97 Å².